The summed E-state index contributed by atoms with van der Waals surface area (Å²) >= 11 is 0. The van der Waals surface area contributed by atoms with Crippen molar-refractivity contribution in [2.75, 3.05) is 0 Å². The molecule has 1 atom stereocenters. The van der Waals surface area contributed by atoms with Crippen LogP contribution in [-0.2, 0) is 11.2 Å². The number of carbonyl (C=O) groups is 1. The molecule has 2 rings (SSSR count). The van der Waals surface area contributed by atoms with Crippen molar-refractivity contribution in [1.82, 2.24) is 0 Å². The Hall–Kier alpha value is -1.31. The molecular formula is C11H11O2. The second-order valence-corrected chi connectivity index (χ2v) is 3.35. The highest BCUT2D eigenvalue weighted by molar-refractivity contribution is 5.73. The summed E-state index contributed by atoms with van der Waals surface area (Å²) in [5, 5.41) is 8.83. The van der Waals surface area contributed by atoms with Crippen LogP contribution >= 0.6 is 0 Å². The standard InChI is InChI=1S/C11H11O2/c12-11(13)10-6-5-8-3-1-2-4-9(8)7-10/h1-4,7,10H,5-6H2,(H,12,13)/t10-/m0/s1. The minimum absolute atomic E-state index is 0.296. The van der Waals surface area contributed by atoms with Gasteiger partial charge < -0.3 is 5.11 Å². The van der Waals surface area contributed by atoms with E-state index in [4.69, 9.17) is 5.11 Å². The monoisotopic (exact) mass is 175 g/mol. The number of carboxylic acid groups (broad SMARTS) is 1. The van der Waals surface area contributed by atoms with E-state index in [0.29, 0.717) is 0 Å². The molecule has 2 heteroatoms. The highest BCUT2D eigenvalue weighted by Crippen LogP contribution is 2.26. The van der Waals surface area contributed by atoms with E-state index in [1.165, 1.54) is 5.56 Å². The molecule has 67 valence electrons. The summed E-state index contributed by atoms with van der Waals surface area (Å²) in [5.74, 6) is -1.01. The maximum atomic E-state index is 10.7. The molecule has 1 radical (unpaired) electrons. The lowest BCUT2D eigenvalue weighted by molar-refractivity contribution is -0.140. The minimum atomic E-state index is -0.713. The van der Waals surface area contributed by atoms with Crippen LogP contribution in [0.15, 0.2) is 24.3 Å². The van der Waals surface area contributed by atoms with Crippen molar-refractivity contribution in [2.45, 2.75) is 12.8 Å². The van der Waals surface area contributed by atoms with Crippen molar-refractivity contribution in [3.05, 3.63) is 41.8 Å². The Morgan fingerprint density at radius 2 is 2.15 bits per heavy atom. The van der Waals surface area contributed by atoms with Crippen LogP contribution in [0.25, 0.3) is 0 Å². The molecule has 2 nitrogen and oxygen atoms in total. The van der Waals surface area contributed by atoms with E-state index in [1.54, 1.807) is 0 Å². The Balaban J connectivity index is 2.24. The van der Waals surface area contributed by atoms with E-state index >= 15 is 0 Å². The van der Waals surface area contributed by atoms with E-state index in [1.807, 2.05) is 24.6 Å². The SMILES string of the molecule is O=C(O)[C@@H]1[CH]c2ccccc2CC1. The van der Waals surface area contributed by atoms with Gasteiger partial charge >= 0.3 is 5.97 Å². The highest BCUT2D eigenvalue weighted by atomic mass is 16.4. The predicted molar refractivity (Wildman–Crippen MR) is 49.3 cm³/mol. The Morgan fingerprint density at radius 1 is 1.38 bits per heavy atom. The van der Waals surface area contributed by atoms with E-state index in [2.05, 4.69) is 6.07 Å². The zero-order chi connectivity index (χ0) is 9.26. The first kappa shape index (κ1) is 8.30. The van der Waals surface area contributed by atoms with Gasteiger partial charge in [-0.25, -0.2) is 0 Å². The van der Waals surface area contributed by atoms with Crippen molar-refractivity contribution in [2.24, 2.45) is 5.92 Å². The first-order valence-electron chi connectivity index (χ1n) is 4.43. The second-order valence-electron chi connectivity index (χ2n) is 3.35. The van der Waals surface area contributed by atoms with Gasteiger partial charge in [-0.3, -0.25) is 4.79 Å². The fourth-order valence-electron chi connectivity index (χ4n) is 1.73. The molecule has 1 aromatic carbocycles. The molecule has 0 aliphatic heterocycles. The molecule has 0 saturated carbocycles. The van der Waals surface area contributed by atoms with Crippen LogP contribution in [0.4, 0.5) is 0 Å². The number of fused-ring (bicyclic) bond motifs is 1. The molecule has 1 aromatic rings. The average Bonchev–Trinajstić information content (AvgIpc) is 2.17. The van der Waals surface area contributed by atoms with Gasteiger partial charge in [0.05, 0.1) is 5.92 Å². The maximum Gasteiger partial charge on any atom is 0.307 e. The summed E-state index contributed by atoms with van der Waals surface area (Å²) in [6.45, 7) is 0. The molecule has 13 heavy (non-hydrogen) atoms. The molecule has 0 fully saturated rings. The van der Waals surface area contributed by atoms with Crippen molar-refractivity contribution in [3.8, 4) is 0 Å². The minimum Gasteiger partial charge on any atom is -0.481 e. The Kier molecular flexibility index (Phi) is 2.05. The molecule has 0 unspecified atom stereocenters. The van der Waals surface area contributed by atoms with Gasteiger partial charge in [0.1, 0.15) is 0 Å². The highest BCUT2D eigenvalue weighted by Gasteiger charge is 2.23. The normalized spacial score (nSPS) is 20.8. The number of aliphatic carboxylic acids is 1. The number of hydrogen-bond donors (Lipinski definition) is 1. The summed E-state index contributed by atoms with van der Waals surface area (Å²) in [4.78, 5) is 10.7. The molecule has 1 N–H and O–H groups in total. The largest absolute Gasteiger partial charge is 0.481 e. The number of benzene rings is 1. The number of aryl methyl sites for hydroxylation is 1. The molecule has 0 bridgehead atoms. The maximum absolute atomic E-state index is 10.7. The van der Waals surface area contributed by atoms with Crippen LogP contribution in [0.1, 0.15) is 17.5 Å². The van der Waals surface area contributed by atoms with Crippen LogP contribution in [0.3, 0.4) is 0 Å². The Morgan fingerprint density at radius 3 is 2.92 bits per heavy atom. The lowest BCUT2D eigenvalue weighted by Crippen LogP contribution is -2.20. The van der Waals surface area contributed by atoms with Crippen LogP contribution in [0.5, 0.6) is 0 Å². The van der Waals surface area contributed by atoms with Crippen molar-refractivity contribution in [1.29, 1.82) is 0 Å². The fourth-order valence-corrected chi connectivity index (χ4v) is 1.73. The smallest absolute Gasteiger partial charge is 0.307 e. The van der Waals surface area contributed by atoms with Gasteiger partial charge in [0.2, 0.25) is 0 Å². The molecule has 0 spiro atoms. The molecule has 0 amide bonds. The van der Waals surface area contributed by atoms with Crippen molar-refractivity contribution in [3.63, 3.8) is 0 Å². The lowest BCUT2D eigenvalue weighted by Gasteiger charge is -2.20. The van der Waals surface area contributed by atoms with Crippen LogP contribution < -0.4 is 0 Å². The summed E-state index contributed by atoms with van der Waals surface area (Å²) in [6, 6.07) is 7.97. The van der Waals surface area contributed by atoms with Crippen molar-refractivity contribution >= 4 is 5.97 Å². The van der Waals surface area contributed by atoms with Crippen LogP contribution in [0.2, 0.25) is 0 Å². The summed E-state index contributed by atoms with van der Waals surface area (Å²) in [7, 11) is 0. The molecular weight excluding hydrogens is 164 g/mol. The van der Waals surface area contributed by atoms with E-state index in [0.717, 1.165) is 18.4 Å². The molecule has 0 aromatic heterocycles. The van der Waals surface area contributed by atoms with Gasteiger partial charge in [-0.2, -0.15) is 0 Å². The molecule has 0 heterocycles. The zero-order valence-electron chi connectivity index (χ0n) is 7.23. The van der Waals surface area contributed by atoms with E-state index in [-0.39, 0.29) is 5.92 Å². The molecule has 1 aliphatic carbocycles. The first-order valence-corrected chi connectivity index (χ1v) is 4.43. The van der Waals surface area contributed by atoms with Gasteiger partial charge in [-0.1, -0.05) is 24.3 Å². The third kappa shape index (κ3) is 1.57. The third-order valence-corrected chi connectivity index (χ3v) is 2.48. The number of carboxylic acids is 1. The summed E-state index contributed by atoms with van der Waals surface area (Å²) in [6.07, 6.45) is 3.46. The Labute approximate surface area is 77.2 Å². The van der Waals surface area contributed by atoms with Crippen LogP contribution in [-0.4, -0.2) is 11.1 Å². The number of hydrogen-bond acceptors (Lipinski definition) is 1. The molecule has 0 saturated heterocycles. The van der Waals surface area contributed by atoms with Crippen molar-refractivity contribution < 1.29 is 9.90 Å². The molecule has 1 aliphatic rings. The van der Waals surface area contributed by atoms with Gasteiger partial charge in [0.15, 0.2) is 0 Å². The third-order valence-electron chi connectivity index (χ3n) is 2.48. The topological polar surface area (TPSA) is 37.3 Å². The Bertz CT molecular complexity index is 331. The number of rotatable bonds is 1. The van der Waals surface area contributed by atoms with Gasteiger partial charge in [-0.05, 0) is 24.0 Å². The van der Waals surface area contributed by atoms with Gasteiger partial charge in [0.25, 0.3) is 0 Å². The average molecular weight is 175 g/mol. The van der Waals surface area contributed by atoms with Gasteiger partial charge in [0, 0.05) is 6.42 Å². The first-order chi connectivity index (χ1) is 6.27. The predicted octanol–water partition coefficient (Wildman–Crippen LogP) is 1.89. The lowest BCUT2D eigenvalue weighted by atomic mass is 9.84. The van der Waals surface area contributed by atoms with Gasteiger partial charge in [-0.15, -0.1) is 0 Å². The second kappa shape index (κ2) is 3.21. The zero-order valence-corrected chi connectivity index (χ0v) is 7.23. The van der Waals surface area contributed by atoms with E-state index in [9.17, 15) is 4.79 Å². The summed E-state index contributed by atoms with van der Waals surface area (Å²) < 4.78 is 0. The summed E-state index contributed by atoms with van der Waals surface area (Å²) in [5.41, 5.74) is 2.35. The fraction of sp³-hybridized carbons (Fsp3) is 0.273. The van der Waals surface area contributed by atoms with E-state index < -0.39 is 5.97 Å². The van der Waals surface area contributed by atoms with Crippen LogP contribution in [0, 0.1) is 12.3 Å². The quantitative estimate of drug-likeness (QED) is 0.707.